The average Bonchev–Trinajstić information content (AvgIpc) is 2.46. The van der Waals surface area contributed by atoms with Crippen molar-refractivity contribution in [2.45, 2.75) is 31.9 Å². The fourth-order valence-corrected chi connectivity index (χ4v) is 2.20. The SMILES string of the molecule is C[C@@H]1ON2CCC[C@@H]2[C@H]1CO. The lowest BCUT2D eigenvalue weighted by Gasteiger charge is -2.14. The molecule has 3 heteroatoms. The number of aliphatic hydroxyl groups excluding tert-OH is 1. The fraction of sp³-hybridized carbons (Fsp3) is 1.00. The van der Waals surface area contributed by atoms with Gasteiger partial charge in [0.2, 0.25) is 0 Å². The normalized spacial score (nSPS) is 44.7. The molecule has 0 spiro atoms. The summed E-state index contributed by atoms with van der Waals surface area (Å²) >= 11 is 0. The van der Waals surface area contributed by atoms with Crippen LogP contribution in [0.1, 0.15) is 19.8 Å². The van der Waals surface area contributed by atoms with E-state index in [0.29, 0.717) is 12.0 Å². The number of nitrogens with zero attached hydrogens (tertiary/aromatic N) is 1. The Morgan fingerprint density at radius 2 is 2.45 bits per heavy atom. The molecule has 2 aliphatic rings. The van der Waals surface area contributed by atoms with Crippen LogP contribution in [0.15, 0.2) is 0 Å². The molecule has 2 heterocycles. The van der Waals surface area contributed by atoms with Gasteiger partial charge in [-0.15, -0.1) is 0 Å². The predicted molar refractivity (Wildman–Crippen MR) is 40.9 cm³/mol. The molecule has 0 aromatic carbocycles. The van der Waals surface area contributed by atoms with Crippen LogP contribution in [0.3, 0.4) is 0 Å². The van der Waals surface area contributed by atoms with Crippen LogP contribution in [0, 0.1) is 5.92 Å². The lowest BCUT2D eigenvalue weighted by atomic mass is 9.95. The molecule has 0 saturated carbocycles. The van der Waals surface area contributed by atoms with Gasteiger partial charge in [-0.1, -0.05) is 0 Å². The number of hydrogen-bond acceptors (Lipinski definition) is 3. The highest BCUT2D eigenvalue weighted by Gasteiger charge is 2.42. The Morgan fingerprint density at radius 3 is 3.18 bits per heavy atom. The van der Waals surface area contributed by atoms with Crippen molar-refractivity contribution in [1.82, 2.24) is 5.06 Å². The highest BCUT2D eigenvalue weighted by Crippen LogP contribution is 2.34. The van der Waals surface area contributed by atoms with E-state index in [1.54, 1.807) is 0 Å². The van der Waals surface area contributed by atoms with E-state index in [-0.39, 0.29) is 12.7 Å². The Morgan fingerprint density at radius 1 is 1.64 bits per heavy atom. The summed E-state index contributed by atoms with van der Waals surface area (Å²) in [5.74, 6) is 0.345. The van der Waals surface area contributed by atoms with E-state index in [1.807, 2.05) is 12.0 Å². The smallest absolute Gasteiger partial charge is 0.0831 e. The molecular formula is C8H15NO2. The number of fused-ring (bicyclic) bond motifs is 1. The third-order valence-electron chi connectivity index (χ3n) is 2.86. The maximum atomic E-state index is 9.08. The van der Waals surface area contributed by atoms with Gasteiger partial charge in [0.25, 0.3) is 0 Å². The summed E-state index contributed by atoms with van der Waals surface area (Å²) in [6.07, 6.45) is 2.62. The molecular weight excluding hydrogens is 142 g/mol. The van der Waals surface area contributed by atoms with Crippen molar-refractivity contribution in [3.8, 4) is 0 Å². The van der Waals surface area contributed by atoms with Crippen LogP contribution in [0.2, 0.25) is 0 Å². The van der Waals surface area contributed by atoms with Crippen molar-refractivity contribution in [1.29, 1.82) is 0 Å². The Kier molecular flexibility index (Phi) is 1.87. The van der Waals surface area contributed by atoms with Crippen molar-refractivity contribution in [2.24, 2.45) is 5.92 Å². The first-order chi connectivity index (χ1) is 5.33. The maximum Gasteiger partial charge on any atom is 0.0831 e. The minimum absolute atomic E-state index is 0.213. The zero-order chi connectivity index (χ0) is 7.84. The van der Waals surface area contributed by atoms with E-state index in [9.17, 15) is 0 Å². The lowest BCUT2D eigenvalue weighted by molar-refractivity contribution is -0.143. The highest BCUT2D eigenvalue weighted by atomic mass is 16.7. The molecule has 0 unspecified atom stereocenters. The van der Waals surface area contributed by atoms with Crippen LogP contribution in [-0.4, -0.2) is 35.5 Å². The van der Waals surface area contributed by atoms with Crippen molar-refractivity contribution < 1.29 is 9.94 Å². The first kappa shape index (κ1) is 7.53. The van der Waals surface area contributed by atoms with Gasteiger partial charge in [0.15, 0.2) is 0 Å². The molecule has 2 fully saturated rings. The van der Waals surface area contributed by atoms with Crippen molar-refractivity contribution in [3.05, 3.63) is 0 Å². The molecule has 3 nitrogen and oxygen atoms in total. The van der Waals surface area contributed by atoms with Crippen LogP contribution >= 0.6 is 0 Å². The summed E-state index contributed by atoms with van der Waals surface area (Å²) in [6, 6.07) is 0.495. The minimum Gasteiger partial charge on any atom is -0.396 e. The summed E-state index contributed by atoms with van der Waals surface area (Å²) in [6.45, 7) is 3.35. The van der Waals surface area contributed by atoms with Gasteiger partial charge in [-0.25, -0.2) is 0 Å². The topological polar surface area (TPSA) is 32.7 Å². The molecule has 0 radical (unpaired) electrons. The second-order valence-corrected chi connectivity index (χ2v) is 3.51. The molecule has 2 saturated heterocycles. The molecule has 64 valence electrons. The van der Waals surface area contributed by atoms with Crippen LogP contribution in [0.4, 0.5) is 0 Å². The number of aliphatic hydroxyl groups is 1. The number of rotatable bonds is 1. The Labute approximate surface area is 66.9 Å². The molecule has 1 N–H and O–H groups in total. The van der Waals surface area contributed by atoms with E-state index in [1.165, 1.54) is 12.8 Å². The van der Waals surface area contributed by atoms with E-state index in [4.69, 9.17) is 9.94 Å². The monoisotopic (exact) mass is 157 g/mol. The molecule has 2 rings (SSSR count). The summed E-state index contributed by atoms with van der Waals surface area (Å²) in [7, 11) is 0. The molecule has 11 heavy (non-hydrogen) atoms. The minimum atomic E-state index is 0.213. The van der Waals surface area contributed by atoms with Gasteiger partial charge < -0.3 is 5.11 Å². The fourth-order valence-electron chi connectivity index (χ4n) is 2.20. The van der Waals surface area contributed by atoms with Gasteiger partial charge in [0, 0.05) is 18.5 Å². The molecule has 2 aliphatic heterocycles. The van der Waals surface area contributed by atoms with E-state index < -0.39 is 0 Å². The Bertz CT molecular complexity index is 151. The van der Waals surface area contributed by atoms with E-state index in [2.05, 4.69) is 0 Å². The zero-order valence-corrected chi connectivity index (χ0v) is 6.86. The maximum absolute atomic E-state index is 9.08. The molecule has 0 aliphatic carbocycles. The largest absolute Gasteiger partial charge is 0.396 e. The van der Waals surface area contributed by atoms with Gasteiger partial charge in [-0.3, -0.25) is 4.84 Å². The van der Waals surface area contributed by atoms with Gasteiger partial charge in [0.05, 0.1) is 12.7 Å². The van der Waals surface area contributed by atoms with Crippen LogP contribution in [-0.2, 0) is 4.84 Å². The zero-order valence-electron chi connectivity index (χ0n) is 6.86. The Hall–Kier alpha value is -0.120. The highest BCUT2D eigenvalue weighted by molar-refractivity contribution is 4.88. The van der Waals surface area contributed by atoms with Crippen LogP contribution in [0.5, 0.6) is 0 Å². The second-order valence-electron chi connectivity index (χ2n) is 3.51. The van der Waals surface area contributed by atoms with Crippen molar-refractivity contribution >= 4 is 0 Å². The summed E-state index contributed by atoms with van der Waals surface area (Å²) < 4.78 is 0. The van der Waals surface area contributed by atoms with Crippen LogP contribution in [0.25, 0.3) is 0 Å². The van der Waals surface area contributed by atoms with Crippen molar-refractivity contribution in [3.63, 3.8) is 0 Å². The molecule has 0 amide bonds. The van der Waals surface area contributed by atoms with Crippen LogP contribution < -0.4 is 0 Å². The van der Waals surface area contributed by atoms with E-state index in [0.717, 1.165) is 6.54 Å². The third-order valence-corrected chi connectivity index (χ3v) is 2.86. The molecule has 0 aromatic heterocycles. The number of hydrogen-bond donors (Lipinski definition) is 1. The average molecular weight is 157 g/mol. The molecule has 0 aromatic rings. The summed E-state index contributed by atoms with van der Waals surface area (Å²) in [5.41, 5.74) is 0. The molecule has 0 bridgehead atoms. The number of hydroxylamine groups is 2. The lowest BCUT2D eigenvalue weighted by Crippen LogP contribution is -2.28. The van der Waals surface area contributed by atoms with Gasteiger partial charge in [0.1, 0.15) is 0 Å². The predicted octanol–water partition coefficient (Wildman–Crippen LogP) is 0.393. The quantitative estimate of drug-likeness (QED) is 0.597. The Balaban J connectivity index is 2.07. The van der Waals surface area contributed by atoms with E-state index >= 15 is 0 Å². The van der Waals surface area contributed by atoms with Crippen molar-refractivity contribution in [2.75, 3.05) is 13.2 Å². The first-order valence-corrected chi connectivity index (χ1v) is 4.37. The summed E-state index contributed by atoms with van der Waals surface area (Å²) in [4.78, 5) is 5.56. The second kappa shape index (κ2) is 2.73. The first-order valence-electron chi connectivity index (χ1n) is 4.37. The standard InChI is InChI=1S/C8H15NO2/c1-6-7(5-10)8-3-2-4-9(8)11-6/h6-8,10H,2-5H2,1H3/t6-,7-,8+/m0/s1. The molecule has 3 atom stereocenters. The van der Waals surface area contributed by atoms with Gasteiger partial charge in [-0.2, -0.15) is 5.06 Å². The third kappa shape index (κ3) is 1.08. The van der Waals surface area contributed by atoms with Gasteiger partial charge in [-0.05, 0) is 19.8 Å². The van der Waals surface area contributed by atoms with Gasteiger partial charge >= 0.3 is 0 Å². The summed E-state index contributed by atoms with van der Waals surface area (Å²) in [5, 5.41) is 11.1.